The van der Waals surface area contributed by atoms with Crippen LogP contribution in [0.1, 0.15) is 30.7 Å². The second kappa shape index (κ2) is 8.69. The SMILES string of the molecule is CC(C)C(=O)N(Cc1ccc(-c2ccc(CO)cc2)cc1)Cc1ccco1. The minimum absolute atomic E-state index is 0.0502. The van der Waals surface area contributed by atoms with Crippen LogP contribution in [0.4, 0.5) is 0 Å². The number of carbonyl (C=O) groups excluding carboxylic acids is 1. The number of hydrogen-bond acceptors (Lipinski definition) is 3. The topological polar surface area (TPSA) is 53.7 Å². The molecule has 1 aromatic heterocycles. The van der Waals surface area contributed by atoms with Crippen molar-refractivity contribution in [3.8, 4) is 11.1 Å². The number of aliphatic hydroxyl groups is 1. The first-order valence-electron chi connectivity index (χ1n) is 9.17. The van der Waals surface area contributed by atoms with E-state index in [1.165, 1.54) is 0 Å². The van der Waals surface area contributed by atoms with E-state index < -0.39 is 0 Å². The van der Waals surface area contributed by atoms with Gasteiger partial charge in [-0.1, -0.05) is 62.4 Å². The minimum atomic E-state index is -0.0655. The number of amides is 1. The zero-order valence-corrected chi connectivity index (χ0v) is 15.8. The molecule has 0 fully saturated rings. The molecule has 3 rings (SSSR count). The molecule has 27 heavy (non-hydrogen) atoms. The number of hydrogen-bond donors (Lipinski definition) is 1. The van der Waals surface area contributed by atoms with Crippen LogP contribution in [0, 0.1) is 5.92 Å². The molecule has 0 atom stereocenters. The molecule has 0 bridgehead atoms. The molecule has 0 aliphatic heterocycles. The molecule has 1 N–H and O–H groups in total. The lowest BCUT2D eigenvalue weighted by molar-refractivity contribution is -0.136. The van der Waals surface area contributed by atoms with Gasteiger partial charge in [0.05, 0.1) is 19.4 Å². The standard InChI is InChI=1S/C23H25NO3/c1-17(2)23(26)24(15-22-4-3-13-27-22)14-18-5-9-20(10-6-18)21-11-7-19(16-25)8-12-21/h3-13,17,25H,14-16H2,1-2H3. The van der Waals surface area contributed by atoms with Gasteiger partial charge in [0.15, 0.2) is 0 Å². The van der Waals surface area contributed by atoms with Crippen molar-refractivity contribution in [3.63, 3.8) is 0 Å². The van der Waals surface area contributed by atoms with E-state index in [2.05, 4.69) is 24.3 Å². The van der Waals surface area contributed by atoms with Crippen molar-refractivity contribution in [2.24, 2.45) is 5.92 Å². The van der Waals surface area contributed by atoms with Crippen molar-refractivity contribution < 1.29 is 14.3 Å². The maximum Gasteiger partial charge on any atom is 0.225 e. The molecule has 0 aliphatic carbocycles. The smallest absolute Gasteiger partial charge is 0.225 e. The van der Waals surface area contributed by atoms with E-state index in [0.29, 0.717) is 13.1 Å². The Bertz CT molecular complexity index is 850. The number of nitrogens with zero attached hydrogens (tertiary/aromatic N) is 1. The number of aliphatic hydroxyl groups excluding tert-OH is 1. The highest BCUT2D eigenvalue weighted by Gasteiger charge is 2.18. The third-order valence-corrected chi connectivity index (χ3v) is 4.53. The van der Waals surface area contributed by atoms with E-state index in [-0.39, 0.29) is 18.4 Å². The summed E-state index contributed by atoms with van der Waals surface area (Å²) in [4.78, 5) is 14.4. The predicted molar refractivity (Wildman–Crippen MR) is 106 cm³/mol. The molecule has 0 spiro atoms. The summed E-state index contributed by atoms with van der Waals surface area (Å²) in [5.74, 6) is 0.823. The lowest BCUT2D eigenvalue weighted by Gasteiger charge is -2.24. The van der Waals surface area contributed by atoms with Gasteiger partial charge in [0.25, 0.3) is 0 Å². The Morgan fingerprint density at radius 3 is 2.00 bits per heavy atom. The quantitative estimate of drug-likeness (QED) is 0.666. The van der Waals surface area contributed by atoms with E-state index >= 15 is 0 Å². The lowest BCUT2D eigenvalue weighted by atomic mass is 10.0. The van der Waals surface area contributed by atoms with Crippen molar-refractivity contribution in [3.05, 3.63) is 83.8 Å². The van der Waals surface area contributed by atoms with Gasteiger partial charge in [-0.25, -0.2) is 0 Å². The first kappa shape index (κ1) is 18.9. The van der Waals surface area contributed by atoms with Gasteiger partial charge < -0.3 is 14.4 Å². The molecule has 1 amide bonds. The molecular weight excluding hydrogens is 338 g/mol. The number of furan rings is 1. The van der Waals surface area contributed by atoms with Crippen LogP contribution in [0.15, 0.2) is 71.3 Å². The van der Waals surface area contributed by atoms with E-state index in [1.807, 2.05) is 55.1 Å². The molecule has 4 nitrogen and oxygen atoms in total. The third-order valence-electron chi connectivity index (χ3n) is 4.53. The molecule has 3 aromatic rings. The van der Waals surface area contributed by atoms with Crippen LogP contribution < -0.4 is 0 Å². The number of rotatable bonds is 7. The molecule has 2 aromatic carbocycles. The molecular formula is C23H25NO3. The fraction of sp³-hybridized carbons (Fsp3) is 0.261. The Labute approximate surface area is 160 Å². The Morgan fingerprint density at radius 1 is 0.926 bits per heavy atom. The predicted octanol–water partition coefficient (Wildman–Crippen LogP) is 4.62. The normalized spacial score (nSPS) is 11.0. The summed E-state index contributed by atoms with van der Waals surface area (Å²) >= 11 is 0. The summed E-state index contributed by atoms with van der Waals surface area (Å²) in [6, 6.07) is 19.8. The van der Waals surface area contributed by atoms with Crippen LogP contribution in [-0.2, 0) is 24.5 Å². The fourth-order valence-electron chi connectivity index (χ4n) is 2.99. The molecule has 0 radical (unpaired) electrons. The van der Waals surface area contributed by atoms with Crippen molar-refractivity contribution in [2.75, 3.05) is 0 Å². The maximum absolute atomic E-state index is 12.6. The van der Waals surface area contributed by atoms with E-state index in [0.717, 1.165) is 28.0 Å². The van der Waals surface area contributed by atoms with Crippen LogP contribution in [0.5, 0.6) is 0 Å². The van der Waals surface area contributed by atoms with Crippen LogP contribution >= 0.6 is 0 Å². The van der Waals surface area contributed by atoms with Crippen LogP contribution in [0.2, 0.25) is 0 Å². The summed E-state index contributed by atoms with van der Waals surface area (Å²) in [7, 11) is 0. The Balaban J connectivity index is 1.74. The third kappa shape index (κ3) is 4.86. The molecule has 1 heterocycles. The second-order valence-corrected chi connectivity index (χ2v) is 6.98. The van der Waals surface area contributed by atoms with Crippen LogP contribution in [-0.4, -0.2) is 15.9 Å². The number of carbonyl (C=O) groups is 1. The highest BCUT2D eigenvalue weighted by Crippen LogP contribution is 2.22. The van der Waals surface area contributed by atoms with Crippen molar-refractivity contribution >= 4 is 5.91 Å². The maximum atomic E-state index is 12.6. The zero-order valence-electron chi connectivity index (χ0n) is 15.8. The summed E-state index contributed by atoms with van der Waals surface area (Å²) in [6.07, 6.45) is 1.63. The second-order valence-electron chi connectivity index (χ2n) is 6.98. The molecule has 140 valence electrons. The van der Waals surface area contributed by atoms with E-state index in [1.54, 1.807) is 6.26 Å². The van der Waals surface area contributed by atoms with E-state index in [9.17, 15) is 4.79 Å². The Kier molecular flexibility index (Phi) is 6.09. The summed E-state index contributed by atoms with van der Waals surface area (Å²) in [5, 5.41) is 9.16. The van der Waals surface area contributed by atoms with Gasteiger partial charge in [-0.05, 0) is 34.4 Å². The van der Waals surface area contributed by atoms with Crippen molar-refractivity contribution in [2.45, 2.75) is 33.5 Å². The average molecular weight is 363 g/mol. The van der Waals surface area contributed by atoms with E-state index in [4.69, 9.17) is 9.52 Å². The molecule has 0 unspecified atom stereocenters. The van der Waals surface area contributed by atoms with Crippen LogP contribution in [0.25, 0.3) is 11.1 Å². The molecule has 0 saturated carbocycles. The van der Waals surface area contributed by atoms with Gasteiger partial charge in [-0.15, -0.1) is 0 Å². The summed E-state index contributed by atoms with van der Waals surface area (Å²) in [5.41, 5.74) is 4.18. The lowest BCUT2D eigenvalue weighted by Crippen LogP contribution is -2.33. The van der Waals surface area contributed by atoms with Gasteiger partial charge in [-0.2, -0.15) is 0 Å². The first-order chi connectivity index (χ1) is 13.1. The Hall–Kier alpha value is -2.85. The number of benzene rings is 2. The summed E-state index contributed by atoms with van der Waals surface area (Å²) in [6.45, 7) is 4.89. The molecule has 4 heteroatoms. The average Bonchev–Trinajstić information content (AvgIpc) is 3.20. The van der Waals surface area contributed by atoms with Crippen molar-refractivity contribution in [1.29, 1.82) is 0 Å². The van der Waals surface area contributed by atoms with Gasteiger partial charge in [-0.3, -0.25) is 4.79 Å². The largest absolute Gasteiger partial charge is 0.467 e. The van der Waals surface area contributed by atoms with Gasteiger partial charge in [0.1, 0.15) is 5.76 Å². The fourth-order valence-corrected chi connectivity index (χ4v) is 2.99. The van der Waals surface area contributed by atoms with Crippen LogP contribution in [0.3, 0.4) is 0 Å². The first-order valence-corrected chi connectivity index (χ1v) is 9.17. The highest BCUT2D eigenvalue weighted by atomic mass is 16.3. The summed E-state index contributed by atoms with van der Waals surface area (Å²) < 4.78 is 5.42. The van der Waals surface area contributed by atoms with Gasteiger partial charge >= 0.3 is 0 Å². The van der Waals surface area contributed by atoms with Crippen molar-refractivity contribution in [1.82, 2.24) is 4.90 Å². The zero-order chi connectivity index (χ0) is 19.2. The van der Waals surface area contributed by atoms with Gasteiger partial charge in [0.2, 0.25) is 5.91 Å². The minimum Gasteiger partial charge on any atom is -0.467 e. The Morgan fingerprint density at radius 2 is 1.52 bits per heavy atom. The van der Waals surface area contributed by atoms with Gasteiger partial charge in [0, 0.05) is 12.5 Å². The monoisotopic (exact) mass is 363 g/mol. The molecule has 0 aliphatic rings. The molecule has 0 saturated heterocycles. The highest BCUT2D eigenvalue weighted by molar-refractivity contribution is 5.78.